The molecule has 0 aliphatic heterocycles. The lowest BCUT2D eigenvalue weighted by molar-refractivity contribution is -0.118. The minimum atomic E-state index is -0.190. The second kappa shape index (κ2) is 8.24. The van der Waals surface area contributed by atoms with E-state index in [1.165, 1.54) is 6.33 Å². The van der Waals surface area contributed by atoms with E-state index in [4.69, 9.17) is 4.74 Å². The van der Waals surface area contributed by atoms with E-state index in [0.29, 0.717) is 11.7 Å². The Kier molecular flexibility index (Phi) is 5.58. The average molecular weight is 351 g/mol. The van der Waals surface area contributed by atoms with Gasteiger partial charge < -0.3 is 10.1 Å². The zero-order valence-electron chi connectivity index (χ0n) is 14.8. The average Bonchev–Trinajstić information content (AvgIpc) is 3.21. The van der Waals surface area contributed by atoms with Crippen LogP contribution in [0.4, 0.5) is 5.69 Å². The largest absolute Gasteiger partial charge is 0.484 e. The number of hydrogen-bond donors (Lipinski definition) is 1. The van der Waals surface area contributed by atoms with Crippen molar-refractivity contribution in [2.75, 3.05) is 11.9 Å². The molecule has 0 saturated heterocycles. The molecule has 0 fully saturated rings. The Morgan fingerprint density at radius 2 is 1.96 bits per heavy atom. The highest BCUT2D eigenvalue weighted by Crippen LogP contribution is 2.26. The number of hydrogen-bond acceptors (Lipinski definition) is 5. The number of para-hydroxylation sites is 1. The van der Waals surface area contributed by atoms with E-state index in [2.05, 4.69) is 34.7 Å². The fourth-order valence-electron chi connectivity index (χ4n) is 2.57. The number of aromatic nitrogens is 4. The van der Waals surface area contributed by atoms with Crippen LogP contribution in [0.2, 0.25) is 0 Å². The van der Waals surface area contributed by atoms with Crippen molar-refractivity contribution >= 4 is 11.6 Å². The van der Waals surface area contributed by atoms with Crippen LogP contribution in [0.1, 0.15) is 31.7 Å². The molecule has 7 heteroatoms. The van der Waals surface area contributed by atoms with Crippen molar-refractivity contribution in [3.8, 4) is 11.4 Å². The first-order valence-corrected chi connectivity index (χ1v) is 8.52. The molecule has 7 nitrogen and oxygen atoms in total. The molecule has 0 bridgehead atoms. The SMILES string of the molecule is CC[C@@H](C)c1ccccc1NC(=O)COc1ccc(-n2cnnn2)cc1. The van der Waals surface area contributed by atoms with Crippen molar-refractivity contribution in [2.24, 2.45) is 0 Å². The van der Waals surface area contributed by atoms with E-state index >= 15 is 0 Å². The van der Waals surface area contributed by atoms with Crippen molar-refractivity contribution in [3.63, 3.8) is 0 Å². The van der Waals surface area contributed by atoms with Gasteiger partial charge in [0.15, 0.2) is 6.61 Å². The molecule has 3 rings (SSSR count). The monoisotopic (exact) mass is 351 g/mol. The zero-order valence-corrected chi connectivity index (χ0v) is 14.8. The van der Waals surface area contributed by atoms with Crippen LogP contribution < -0.4 is 10.1 Å². The third kappa shape index (κ3) is 4.24. The van der Waals surface area contributed by atoms with Crippen LogP contribution in [-0.4, -0.2) is 32.7 Å². The summed E-state index contributed by atoms with van der Waals surface area (Å²) >= 11 is 0. The quantitative estimate of drug-likeness (QED) is 0.707. The van der Waals surface area contributed by atoms with E-state index in [1.54, 1.807) is 16.8 Å². The van der Waals surface area contributed by atoms with Crippen molar-refractivity contribution in [1.29, 1.82) is 0 Å². The number of carbonyl (C=O) groups excluding carboxylic acids is 1. The van der Waals surface area contributed by atoms with Crippen LogP contribution in [0.5, 0.6) is 5.75 Å². The lowest BCUT2D eigenvalue weighted by Gasteiger charge is -2.15. The van der Waals surface area contributed by atoms with E-state index in [1.807, 2.05) is 36.4 Å². The highest BCUT2D eigenvalue weighted by atomic mass is 16.5. The minimum Gasteiger partial charge on any atom is -0.484 e. The van der Waals surface area contributed by atoms with Gasteiger partial charge in [-0.1, -0.05) is 32.0 Å². The topological polar surface area (TPSA) is 81.9 Å². The summed E-state index contributed by atoms with van der Waals surface area (Å²) in [7, 11) is 0. The summed E-state index contributed by atoms with van der Waals surface area (Å²) in [6.07, 6.45) is 2.52. The summed E-state index contributed by atoms with van der Waals surface area (Å²) in [6.45, 7) is 4.22. The van der Waals surface area contributed by atoms with Crippen LogP contribution in [0, 0.1) is 0 Å². The number of carbonyl (C=O) groups is 1. The molecule has 1 N–H and O–H groups in total. The number of anilines is 1. The molecule has 1 heterocycles. The first kappa shape index (κ1) is 17.6. The van der Waals surface area contributed by atoms with Crippen LogP contribution in [0.25, 0.3) is 5.69 Å². The lowest BCUT2D eigenvalue weighted by atomic mass is 9.97. The zero-order chi connectivity index (χ0) is 18.4. The number of nitrogens with zero attached hydrogens (tertiary/aromatic N) is 4. The number of benzene rings is 2. The van der Waals surface area contributed by atoms with Crippen molar-refractivity contribution in [3.05, 3.63) is 60.4 Å². The maximum atomic E-state index is 12.2. The molecule has 0 aliphatic carbocycles. The molecule has 3 aromatic rings. The van der Waals surface area contributed by atoms with Crippen molar-refractivity contribution in [2.45, 2.75) is 26.2 Å². The van der Waals surface area contributed by atoms with Gasteiger partial charge in [-0.25, -0.2) is 4.68 Å². The molecule has 1 aromatic heterocycles. The van der Waals surface area contributed by atoms with Gasteiger partial charge in [0.25, 0.3) is 5.91 Å². The summed E-state index contributed by atoms with van der Waals surface area (Å²) in [5, 5.41) is 13.9. The fraction of sp³-hybridized carbons (Fsp3) is 0.263. The van der Waals surface area contributed by atoms with E-state index in [9.17, 15) is 4.79 Å². The molecule has 26 heavy (non-hydrogen) atoms. The van der Waals surface area contributed by atoms with Crippen LogP contribution in [0.3, 0.4) is 0 Å². The number of amides is 1. The van der Waals surface area contributed by atoms with Gasteiger partial charge in [-0.15, -0.1) is 5.10 Å². The highest BCUT2D eigenvalue weighted by molar-refractivity contribution is 5.92. The summed E-state index contributed by atoms with van der Waals surface area (Å²) in [5.74, 6) is 0.795. The van der Waals surface area contributed by atoms with Crippen LogP contribution in [-0.2, 0) is 4.79 Å². The molecular weight excluding hydrogens is 330 g/mol. The number of rotatable bonds is 7. The first-order chi connectivity index (χ1) is 12.7. The van der Waals surface area contributed by atoms with Gasteiger partial charge in [-0.05, 0) is 58.7 Å². The molecule has 134 valence electrons. The van der Waals surface area contributed by atoms with Gasteiger partial charge in [0, 0.05) is 5.69 Å². The Labute approximate surface area is 152 Å². The predicted octanol–water partition coefficient (Wildman–Crippen LogP) is 3.19. The third-order valence-electron chi connectivity index (χ3n) is 4.20. The highest BCUT2D eigenvalue weighted by Gasteiger charge is 2.11. The standard InChI is InChI=1S/C19H21N5O2/c1-3-14(2)17-6-4-5-7-18(17)21-19(25)12-26-16-10-8-15(9-11-16)24-13-20-22-23-24/h4-11,13-14H,3,12H2,1-2H3,(H,21,25)/t14-/m1/s1. The van der Waals surface area contributed by atoms with Gasteiger partial charge in [0.2, 0.25) is 0 Å². The smallest absolute Gasteiger partial charge is 0.262 e. The summed E-state index contributed by atoms with van der Waals surface area (Å²) < 4.78 is 7.11. The van der Waals surface area contributed by atoms with Gasteiger partial charge in [0.05, 0.1) is 5.69 Å². The lowest BCUT2D eigenvalue weighted by Crippen LogP contribution is -2.21. The first-order valence-electron chi connectivity index (χ1n) is 8.52. The number of nitrogens with one attached hydrogen (secondary N) is 1. The normalized spacial score (nSPS) is 11.8. The van der Waals surface area contributed by atoms with Gasteiger partial charge in [-0.2, -0.15) is 0 Å². The Balaban J connectivity index is 1.58. The summed E-state index contributed by atoms with van der Waals surface area (Å²) in [4.78, 5) is 12.2. The molecule has 1 atom stereocenters. The third-order valence-corrected chi connectivity index (χ3v) is 4.20. The Hall–Kier alpha value is -3.22. The summed E-state index contributed by atoms with van der Waals surface area (Å²) in [5.41, 5.74) is 2.79. The molecule has 2 aromatic carbocycles. The second-order valence-electron chi connectivity index (χ2n) is 5.98. The number of tetrazole rings is 1. The molecule has 0 aliphatic rings. The second-order valence-corrected chi connectivity index (χ2v) is 5.98. The maximum absolute atomic E-state index is 12.2. The molecular formula is C19H21N5O2. The van der Waals surface area contributed by atoms with Gasteiger partial charge in [-0.3, -0.25) is 4.79 Å². The predicted molar refractivity (Wildman–Crippen MR) is 98.4 cm³/mol. The van der Waals surface area contributed by atoms with E-state index in [-0.39, 0.29) is 12.5 Å². The van der Waals surface area contributed by atoms with Crippen molar-refractivity contribution in [1.82, 2.24) is 20.2 Å². The summed E-state index contributed by atoms with van der Waals surface area (Å²) in [6, 6.07) is 15.1. The Bertz CT molecular complexity index is 847. The van der Waals surface area contributed by atoms with Crippen molar-refractivity contribution < 1.29 is 9.53 Å². The van der Waals surface area contributed by atoms with Crippen LogP contribution in [0.15, 0.2) is 54.9 Å². The minimum absolute atomic E-state index is 0.0565. The van der Waals surface area contributed by atoms with Crippen LogP contribution >= 0.6 is 0 Å². The number of ether oxygens (including phenoxy) is 1. The van der Waals surface area contributed by atoms with E-state index in [0.717, 1.165) is 23.4 Å². The molecule has 1 amide bonds. The maximum Gasteiger partial charge on any atom is 0.262 e. The molecule has 0 saturated carbocycles. The Morgan fingerprint density at radius 3 is 2.65 bits per heavy atom. The molecule has 0 unspecified atom stereocenters. The molecule has 0 radical (unpaired) electrons. The fourth-order valence-corrected chi connectivity index (χ4v) is 2.57. The van der Waals surface area contributed by atoms with E-state index < -0.39 is 0 Å². The van der Waals surface area contributed by atoms with Gasteiger partial charge >= 0.3 is 0 Å². The molecule has 0 spiro atoms. The Morgan fingerprint density at radius 1 is 1.19 bits per heavy atom. The van der Waals surface area contributed by atoms with Gasteiger partial charge in [0.1, 0.15) is 12.1 Å².